The van der Waals surface area contributed by atoms with Crippen molar-refractivity contribution in [3.63, 3.8) is 0 Å². The standard InChI is InChI=1S/C24H26/c1-16-10-12-19-22(14-16)24(3,4)21-13-11-17(2)20(23(19)21)15-18-8-6-5-7-9-18/h6,8-14H,5,7,15H2,1-4H3. The molecule has 0 heterocycles. The third-order valence-electron chi connectivity index (χ3n) is 5.79. The number of allylic oxidation sites excluding steroid dienone is 4. The summed E-state index contributed by atoms with van der Waals surface area (Å²) in [5.74, 6) is 0. The minimum Gasteiger partial charge on any atom is -0.0840 e. The van der Waals surface area contributed by atoms with Gasteiger partial charge in [0.1, 0.15) is 0 Å². The number of fused-ring (bicyclic) bond motifs is 3. The third kappa shape index (κ3) is 2.28. The number of benzene rings is 2. The summed E-state index contributed by atoms with van der Waals surface area (Å²) in [5.41, 5.74) is 11.8. The van der Waals surface area contributed by atoms with E-state index in [1.54, 1.807) is 0 Å². The maximum absolute atomic E-state index is 2.41. The zero-order valence-corrected chi connectivity index (χ0v) is 15.2. The van der Waals surface area contributed by atoms with E-state index < -0.39 is 0 Å². The van der Waals surface area contributed by atoms with Crippen LogP contribution in [0.1, 0.15) is 54.5 Å². The van der Waals surface area contributed by atoms with Gasteiger partial charge in [0.25, 0.3) is 0 Å². The van der Waals surface area contributed by atoms with Gasteiger partial charge in [-0.1, -0.05) is 68.0 Å². The molecule has 122 valence electrons. The molecule has 2 aliphatic rings. The molecule has 0 saturated heterocycles. The van der Waals surface area contributed by atoms with Crippen LogP contribution in [0.25, 0.3) is 11.1 Å². The Hall–Kier alpha value is -2.08. The van der Waals surface area contributed by atoms with E-state index in [4.69, 9.17) is 0 Å². The second-order valence-corrected chi connectivity index (χ2v) is 7.89. The summed E-state index contributed by atoms with van der Waals surface area (Å²) in [4.78, 5) is 0. The minimum atomic E-state index is 0.0932. The van der Waals surface area contributed by atoms with Gasteiger partial charge in [-0.05, 0) is 72.1 Å². The van der Waals surface area contributed by atoms with Gasteiger partial charge in [0, 0.05) is 5.41 Å². The van der Waals surface area contributed by atoms with Crippen LogP contribution in [0.15, 0.2) is 54.1 Å². The highest BCUT2D eigenvalue weighted by atomic mass is 14.4. The molecular formula is C24H26. The molecule has 0 heteroatoms. The maximum atomic E-state index is 2.41. The van der Waals surface area contributed by atoms with Crippen LogP contribution in [0.2, 0.25) is 0 Å². The first-order valence-electron chi connectivity index (χ1n) is 9.08. The SMILES string of the molecule is Cc1ccc2c(c1)C(C)(C)c1ccc(C)c(CC3=CCCC=C3)c1-2. The lowest BCUT2D eigenvalue weighted by atomic mass is 9.81. The number of rotatable bonds is 2. The number of hydrogen-bond donors (Lipinski definition) is 0. The molecule has 0 spiro atoms. The van der Waals surface area contributed by atoms with E-state index in [0.717, 1.165) is 6.42 Å². The topological polar surface area (TPSA) is 0 Å². The minimum absolute atomic E-state index is 0.0932. The highest BCUT2D eigenvalue weighted by molar-refractivity contribution is 5.84. The largest absolute Gasteiger partial charge is 0.0840 e. The fourth-order valence-electron chi connectivity index (χ4n) is 4.35. The van der Waals surface area contributed by atoms with E-state index in [2.05, 4.69) is 76.3 Å². The first kappa shape index (κ1) is 15.4. The molecule has 0 nitrogen and oxygen atoms in total. The van der Waals surface area contributed by atoms with Crippen molar-refractivity contribution in [2.24, 2.45) is 0 Å². The molecule has 0 amide bonds. The number of aryl methyl sites for hydroxylation is 2. The Morgan fingerprint density at radius 1 is 0.958 bits per heavy atom. The first-order valence-corrected chi connectivity index (χ1v) is 9.08. The Kier molecular flexibility index (Phi) is 3.53. The Morgan fingerprint density at radius 2 is 1.79 bits per heavy atom. The quantitative estimate of drug-likeness (QED) is 0.599. The van der Waals surface area contributed by atoms with Crippen molar-refractivity contribution in [3.05, 3.63) is 82.0 Å². The highest BCUT2D eigenvalue weighted by Gasteiger charge is 2.37. The molecular weight excluding hydrogens is 288 g/mol. The molecule has 4 rings (SSSR count). The van der Waals surface area contributed by atoms with E-state index in [0.29, 0.717) is 0 Å². The Bertz CT molecular complexity index is 875. The van der Waals surface area contributed by atoms with Gasteiger partial charge in [-0.2, -0.15) is 0 Å². The predicted octanol–water partition coefficient (Wildman–Crippen LogP) is 6.43. The molecule has 0 radical (unpaired) electrons. The predicted molar refractivity (Wildman–Crippen MR) is 104 cm³/mol. The van der Waals surface area contributed by atoms with Crippen molar-refractivity contribution in [2.75, 3.05) is 0 Å². The van der Waals surface area contributed by atoms with Gasteiger partial charge < -0.3 is 0 Å². The fraction of sp³-hybridized carbons (Fsp3) is 0.333. The summed E-state index contributed by atoms with van der Waals surface area (Å²) in [6.45, 7) is 9.21. The van der Waals surface area contributed by atoms with E-state index in [9.17, 15) is 0 Å². The molecule has 0 aliphatic heterocycles. The van der Waals surface area contributed by atoms with Gasteiger partial charge >= 0.3 is 0 Å². The van der Waals surface area contributed by atoms with Crippen LogP contribution in [0.4, 0.5) is 0 Å². The van der Waals surface area contributed by atoms with E-state index in [1.807, 2.05) is 0 Å². The summed E-state index contributed by atoms with van der Waals surface area (Å²) in [6.07, 6.45) is 10.5. The van der Waals surface area contributed by atoms with Gasteiger partial charge in [-0.3, -0.25) is 0 Å². The first-order chi connectivity index (χ1) is 11.5. The van der Waals surface area contributed by atoms with E-state index in [-0.39, 0.29) is 5.41 Å². The van der Waals surface area contributed by atoms with E-state index >= 15 is 0 Å². The summed E-state index contributed by atoms with van der Waals surface area (Å²) in [6, 6.07) is 11.7. The summed E-state index contributed by atoms with van der Waals surface area (Å²) in [5, 5.41) is 0. The zero-order valence-electron chi connectivity index (χ0n) is 15.2. The van der Waals surface area contributed by atoms with Gasteiger partial charge in [0.05, 0.1) is 0 Å². The van der Waals surface area contributed by atoms with Gasteiger partial charge in [0.15, 0.2) is 0 Å². The van der Waals surface area contributed by atoms with Crippen molar-refractivity contribution in [2.45, 2.75) is 52.4 Å². The highest BCUT2D eigenvalue weighted by Crippen LogP contribution is 2.51. The Morgan fingerprint density at radius 3 is 2.54 bits per heavy atom. The molecule has 2 aliphatic carbocycles. The lowest BCUT2D eigenvalue weighted by molar-refractivity contribution is 0.659. The Balaban J connectivity index is 1.93. The molecule has 0 atom stereocenters. The normalized spacial score (nSPS) is 17.4. The third-order valence-corrected chi connectivity index (χ3v) is 5.79. The molecule has 24 heavy (non-hydrogen) atoms. The fourth-order valence-corrected chi connectivity index (χ4v) is 4.35. The molecule has 2 aromatic carbocycles. The van der Waals surface area contributed by atoms with Crippen molar-refractivity contribution in [3.8, 4) is 11.1 Å². The van der Waals surface area contributed by atoms with Crippen LogP contribution in [-0.4, -0.2) is 0 Å². The van der Waals surface area contributed by atoms with Gasteiger partial charge in [-0.25, -0.2) is 0 Å². The molecule has 2 aromatic rings. The molecule has 0 bridgehead atoms. The van der Waals surface area contributed by atoms with Crippen molar-refractivity contribution in [1.29, 1.82) is 0 Å². The lowest BCUT2D eigenvalue weighted by Gasteiger charge is -2.22. The van der Waals surface area contributed by atoms with Crippen LogP contribution >= 0.6 is 0 Å². The van der Waals surface area contributed by atoms with Crippen LogP contribution in [0.3, 0.4) is 0 Å². The van der Waals surface area contributed by atoms with Crippen LogP contribution in [0.5, 0.6) is 0 Å². The smallest absolute Gasteiger partial charge is 0.0159 e. The Labute approximate surface area is 145 Å². The van der Waals surface area contributed by atoms with Crippen molar-refractivity contribution < 1.29 is 0 Å². The summed E-state index contributed by atoms with van der Waals surface area (Å²) in [7, 11) is 0. The van der Waals surface area contributed by atoms with Crippen molar-refractivity contribution >= 4 is 0 Å². The zero-order chi connectivity index (χ0) is 16.9. The molecule has 0 aromatic heterocycles. The van der Waals surface area contributed by atoms with E-state index in [1.165, 1.54) is 57.4 Å². The van der Waals surface area contributed by atoms with Gasteiger partial charge in [-0.15, -0.1) is 0 Å². The molecule has 0 unspecified atom stereocenters. The monoisotopic (exact) mass is 314 g/mol. The second-order valence-electron chi connectivity index (χ2n) is 7.89. The van der Waals surface area contributed by atoms with Crippen LogP contribution in [-0.2, 0) is 11.8 Å². The second kappa shape index (κ2) is 5.48. The maximum Gasteiger partial charge on any atom is 0.0159 e. The molecule has 0 N–H and O–H groups in total. The molecule has 0 fully saturated rings. The average Bonchev–Trinajstić information content (AvgIpc) is 2.79. The van der Waals surface area contributed by atoms with Crippen molar-refractivity contribution in [1.82, 2.24) is 0 Å². The van der Waals surface area contributed by atoms with Gasteiger partial charge in [0.2, 0.25) is 0 Å². The molecule has 0 saturated carbocycles. The summed E-state index contributed by atoms with van der Waals surface area (Å²) < 4.78 is 0. The summed E-state index contributed by atoms with van der Waals surface area (Å²) >= 11 is 0. The average molecular weight is 314 g/mol. The number of hydrogen-bond acceptors (Lipinski definition) is 0. The van der Waals surface area contributed by atoms with Crippen LogP contribution < -0.4 is 0 Å². The lowest BCUT2D eigenvalue weighted by Crippen LogP contribution is -2.15. The van der Waals surface area contributed by atoms with Crippen LogP contribution in [0, 0.1) is 13.8 Å².